The molecule has 2 heterocycles. The number of thiophene rings is 1. The van der Waals surface area contributed by atoms with Gasteiger partial charge in [0.05, 0.1) is 17.2 Å². The Morgan fingerprint density at radius 1 is 1.33 bits per heavy atom. The van der Waals surface area contributed by atoms with Crippen molar-refractivity contribution in [1.29, 1.82) is 0 Å². The molecule has 3 aliphatic carbocycles. The highest BCUT2D eigenvalue weighted by Gasteiger charge is 2.46. The molecule has 0 aliphatic heterocycles. The van der Waals surface area contributed by atoms with Crippen molar-refractivity contribution >= 4 is 17.0 Å². The van der Waals surface area contributed by atoms with Gasteiger partial charge in [0, 0.05) is 39.4 Å². The van der Waals surface area contributed by atoms with Crippen LogP contribution in [0.15, 0.2) is 21.5 Å². The summed E-state index contributed by atoms with van der Waals surface area (Å²) < 4.78 is 44.8. The lowest BCUT2D eigenvalue weighted by Gasteiger charge is -2.31. The Morgan fingerprint density at radius 3 is 2.70 bits per heavy atom. The molecule has 6 nitrogen and oxygen atoms in total. The summed E-state index contributed by atoms with van der Waals surface area (Å²) in [6.45, 7) is 1.71. The van der Waals surface area contributed by atoms with E-state index in [2.05, 4.69) is 4.98 Å². The number of H-pyrrole nitrogens is 1. The summed E-state index contributed by atoms with van der Waals surface area (Å²) in [6, 6.07) is 1.35. The van der Waals surface area contributed by atoms with Crippen molar-refractivity contribution in [3.05, 3.63) is 59.3 Å². The molecular formula is C20H20F3N3O3S. The summed E-state index contributed by atoms with van der Waals surface area (Å²) in [7, 11) is 0. The molecule has 2 aromatic rings. The van der Waals surface area contributed by atoms with Crippen LogP contribution in [0.5, 0.6) is 0 Å². The predicted molar refractivity (Wildman–Crippen MR) is 106 cm³/mol. The van der Waals surface area contributed by atoms with Crippen LogP contribution >= 0.6 is 11.3 Å². The molecule has 1 saturated carbocycles. The third-order valence-corrected chi connectivity index (χ3v) is 7.67. The Morgan fingerprint density at radius 2 is 2.03 bits per heavy atom. The molecule has 4 N–H and O–H groups in total. The maximum atomic E-state index is 15.4. The Hall–Kier alpha value is -2.33. The number of nitrogens with two attached hydrogens (primary N) is 1. The lowest BCUT2D eigenvalue weighted by molar-refractivity contribution is -0.121. The van der Waals surface area contributed by atoms with Crippen LogP contribution in [0.4, 0.5) is 13.2 Å². The SMILES string of the molecule is CC1c2c(c(=O)[nH]c(=O)n2C2CC2)C(N)=C(F)C1c1cc2c(s1)CCC(F)(F)C2O. The number of aliphatic hydroxyl groups is 1. The van der Waals surface area contributed by atoms with Crippen molar-refractivity contribution in [2.24, 2.45) is 5.73 Å². The normalized spacial score (nSPS) is 27.7. The monoisotopic (exact) mass is 439 g/mol. The molecule has 0 radical (unpaired) electrons. The Balaban J connectivity index is 1.69. The summed E-state index contributed by atoms with van der Waals surface area (Å²) in [4.78, 5) is 28.2. The quantitative estimate of drug-likeness (QED) is 0.670. The van der Waals surface area contributed by atoms with Gasteiger partial charge < -0.3 is 10.8 Å². The molecule has 3 unspecified atom stereocenters. The van der Waals surface area contributed by atoms with Crippen LogP contribution in [-0.4, -0.2) is 20.6 Å². The molecule has 3 atom stereocenters. The first-order chi connectivity index (χ1) is 14.1. The van der Waals surface area contributed by atoms with E-state index in [0.717, 1.165) is 12.8 Å². The maximum absolute atomic E-state index is 15.4. The van der Waals surface area contributed by atoms with Gasteiger partial charge >= 0.3 is 5.69 Å². The zero-order chi connectivity index (χ0) is 21.5. The van der Waals surface area contributed by atoms with Crippen LogP contribution < -0.4 is 17.0 Å². The number of hydrogen-bond acceptors (Lipinski definition) is 5. The first-order valence-electron chi connectivity index (χ1n) is 9.84. The zero-order valence-corrected chi connectivity index (χ0v) is 16.9. The second-order valence-corrected chi connectivity index (χ2v) is 9.51. The molecule has 2 aromatic heterocycles. The van der Waals surface area contributed by atoms with E-state index in [1.165, 1.54) is 22.0 Å². The van der Waals surface area contributed by atoms with Crippen molar-refractivity contribution in [2.45, 2.75) is 62.5 Å². The predicted octanol–water partition coefficient (Wildman–Crippen LogP) is 3.05. The molecular weight excluding hydrogens is 419 g/mol. The van der Waals surface area contributed by atoms with Crippen LogP contribution in [0.2, 0.25) is 0 Å². The van der Waals surface area contributed by atoms with Crippen molar-refractivity contribution in [1.82, 2.24) is 9.55 Å². The summed E-state index contributed by atoms with van der Waals surface area (Å²) in [5.41, 5.74) is 4.86. The van der Waals surface area contributed by atoms with Gasteiger partial charge in [-0.3, -0.25) is 14.3 Å². The first kappa shape index (κ1) is 19.6. The van der Waals surface area contributed by atoms with Gasteiger partial charge in [-0.2, -0.15) is 0 Å². The molecule has 0 aromatic carbocycles. The molecule has 30 heavy (non-hydrogen) atoms. The standard InChI is InChI=1S/C20H20F3N3O3S/c1-7-12(11-6-9-10(30-11)4-5-20(22,23)17(9)27)14(21)15(24)13-16(7)26(8-2-3-8)19(29)25-18(13)28/h6-8,12,17,27H,2-5,24H2,1H3,(H,25,28,29). The summed E-state index contributed by atoms with van der Waals surface area (Å²) in [5, 5.41) is 10.1. The topological polar surface area (TPSA) is 101 Å². The van der Waals surface area contributed by atoms with E-state index in [4.69, 9.17) is 5.73 Å². The third kappa shape index (κ3) is 2.66. The molecule has 1 fully saturated rings. The van der Waals surface area contributed by atoms with Gasteiger partial charge in [-0.1, -0.05) is 6.92 Å². The van der Waals surface area contributed by atoms with Gasteiger partial charge in [-0.05, 0) is 25.3 Å². The fourth-order valence-electron chi connectivity index (χ4n) is 4.69. The van der Waals surface area contributed by atoms with Crippen LogP contribution in [0.1, 0.15) is 76.7 Å². The number of aliphatic hydroxyl groups excluding tert-OH is 1. The smallest absolute Gasteiger partial charge is 0.328 e. The second kappa shape index (κ2) is 6.34. The van der Waals surface area contributed by atoms with Gasteiger partial charge in [0.15, 0.2) is 0 Å². The fourth-order valence-corrected chi connectivity index (χ4v) is 6.09. The molecule has 0 spiro atoms. The number of rotatable bonds is 2. The van der Waals surface area contributed by atoms with Gasteiger partial charge in [0.2, 0.25) is 0 Å². The van der Waals surface area contributed by atoms with Gasteiger partial charge in [-0.15, -0.1) is 11.3 Å². The highest BCUT2D eigenvalue weighted by atomic mass is 32.1. The summed E-state index contributed by atoms with van der Waals surface area (Å²) >= 11 is 1.17. The van der Waals surface area contributed by atoms with Crippen molar-refractivity contribution in [2.75, 3.05) is 0 Å². The molecule has 10 heteroatoms. The fraction of sp³-hybridized carbons (Fsp3) is 0.500. The average molecular weight is 439 g/mol. The number of aryl methyl sites for hydroxylation is 1. The van der Waals surface area contributed by atoms with Crippen LogP contribution in [0.3, 0.4) is 0 Å². The van der Waals surface area contributed by atoms with E-state index >= 15 is 4.39 Å². The summed E-state index contributed by atoms with van der Waals surface area (Å²) in [5.74, 6) is -5.48. The number of nitrogens with one attached hydrogen (secondary N) is 1. The van der Waals surface area contributed by atoms with E-state index in [0.29, 0.717) is 15.4 Å². The lowest BCUT2D eigenvalue weighted by atomic mass is 9.80. The number of halogens is 3. The van der Waals surface area contributed by atoms with E-state index in [1.54, 1.807) is 6.92 Å². The van der Waals surface area contributed by atoms with Crippen LogP contribution in [0.25, 0.3) is 5.70 Å². The number of aromatic amines is 1. The largest absolute Gasteiger partial charge is 0.396 e. The second-order valence-electron chi connectivity index (χ2n) is 8.34. The average Bonchev–Trinajstić information content (AvgIpc) is 3.41. The Bertz CT molecular complexity index is 1210. The number of aromatic nitrogens is 2. The maximum Gasteiger partial charge on any atom is 0.328 e. The number of hydrogen-bond donors (Lipinski definition) is 3. The van der Waals surface area contributed by atoms with Crippen molar-refractivity contribution in [3.8, 4) is 0 Å². The van der Waals surface area contributed by atoms with Gasteiger partial charge in [0.1, 0.15) is 11.9 Å². The molecule has 0 saturated heterocycles. The van der Waals surface area contributed by atoms with Crippen LogP contribution in [-0.2, 0) is 6.42 Å². The van der Waals surface area contributed by atoms with E-state index in [-0.39, 0.29) is 29.3 Å². The summed E-state index contributed by atoms with van der Waals surface area (Å²) in [6.07, 6.45) is -0.766. The minimum atomic E-state index is -3.23. The molecule has 5 rings (SSSR count). The van der Waals surface area contributed by atoms with Crippen molar-refractivity contribution in [3.63, 3.8) is 0 Å². The first-order valence-corrected chi connectivity index (χ1v) is 10.7. The highest BCUT2D eigenvalue weighted by molar-refractivity contribution is 7.12. The molecule has 0 bridgehead atoms. The number of nitrogens with zero attached hydrogens (tertiary/aromatic N) is 1. The molecule has 3 aliphatic rings. The van der Waals surface area contributed by atoms with E-state index in [1.807, 2.05) is 0 Å². The highest BCUT2D eigenvalue weighted by Crippen LogP contribution is 2.52. The number of fused-ring (bicyclic) bond motifs is 2. The number of allylic oxidation sites excluding steroid dienone is 1. The van der Waals surface area contributed by atoms with Crippen molar-refractivity contribution < 1.29 is 18.3 Å². The van der Waals surface area contributed by atoms with Gasteiger partial charge in [-0.25, -0.2) is 18.0 Å². The van der Waals surface area contributed by atoms with Crippen LogP contribution in [0, 0.1) is 0 Å². The van der Waals surface area contributed by atoms with E-state index < -0.39 is 47.4 Å². The third-order valence-electron chi connectivity index (χ3n) is 6.37. The van der Waals surface area contributed by atoms with Gasteiger partial charge in [0.25, 0.3) is 11.5 Å². The molecule has 0 amide bonds. The minimum Gasteiger partial charge on any atom is -0.396 e. The molecule has 160 valence electrons. The van der Waals surface area contributed by atoms with E-state index in [9.17, 15) is 23.5 Å². The Labute approximate surface area is 172 Å². The lowest BCUT2D eigenvalue weighted by Crippen LogP contribution is -2.39. The Kier molecular flexibility index (Phi) is 4.14. The minimum absolute atomic E-state index is 0.0318. The number of alkyl halides is 2. The zero-order valence-electron chi connectivity index (χ0n) is 16.0.